The number of hydrogen-bond donors (Lipinski definition) is 2. The van der Waals surface area contributed by atoms with Crippen molar-refractivity contribution < 1.29 is 5.11 Å². The fraction of sp³-hybridized carbons (Fsp3) is 0.571. The van der Waals surface area contributed by atoms with Gasteiger partial charge in [0.15, 0.2) is 0 Å². The quantitative estimate of drug-likeness (QED) is 0.824. The Balaban J connectivity index is 3.00. The molecule has 0 bridgehead atoms. The summed E-state index contributed by atoms with van der Waals surface area (Å²) in [7, 11) is 0. The molecule has 0 aliphatic carbocycles. The standard InChI is InChI=1S/C14H23NO/c1-5-12(15)9-10-8-11(14(2,3)4)6-7-13(10)16/h6-8,12,16H,5,9,15H2,1-4H3. The van der Waals surface area contributed by atoms with Gasteiger partial charge in [-0.15, -0.1) is 0 Å². The second kappa shape index (κ2) is 4.88. The summed E-state index contributed by atoms with van der Waals surface area (Å²) in [6.45, 7) is 8.57. The monoisotopic (exact) mass is 221 g/mol. The van der Waals surface area contributed by atoms with Crippen LogP contribution in [0.4, 0.5) is 0 Å². The van der Waals surface area contributed by atoms with Crippen LogP contribution in [0.1, 0.15) is 45.2 Å². The average molecular weight is 221 g/mol. The van der Waals surface area contributed by atoms with Crippen molar-refractivity contribution in [2.24, 2.45) is 5.73 Å². The summed E-state index contributed by atoms with van der Waals surface area (Å²) >= 11 is 0. The van der Waals surface area contributed by atoms with E-state index in [0.717, 1.165) is 18.4 Å². The predicted molar refractivity (Wildman–Crippen MR) is 68.8 cm³/mol. The third-order valence-electron chi connectivity index (χ3n) is 2.95. The number of phenolic OH excluding ortho intramolecular Hbond substituents is 1. The number of rotatable bonds is 3. The molecule has 1 atom stereocenters. The second-order valence-electron chi connectivity index (χ2n) is 5.47. The average Bonchev–Trinajstić information content (AvgIpc) is 2.19. The van der Waals surface area contributed by atoms with E-state index >= 15 is 0 Å². The van der Waals surface area contributed by atoms with E-state index in [1.165, 1.54) is 5.56 Å². The van der Waals surface area contributed by atoms with Crippen molar-refractivity contribution in [2.75, 3.05) is 0 Å². The van der Waals surface area contributed by atoms with E-state index < -0.39 is 0 Å². The SMILES string of the molecule is CCC(N)Cc1cc(C(C)(C)C)ccc1O. The van der Waals surface area contributed by atoms with E-state index in [4.69, 9.17) is 5.73 Å². The summed E-state index contributed by atoms with van der Waals surface area (Å²) in [6, 6.07) is 5.96. The molecule has 3 N–H and O–H groups in total. The van der Waals surface area contributed by atoms with E-state index in [0.29, 0.717) is 5.75 Å². The smallest absolute Gasteiger partial charge is 0.118 e. The molecule has 0 aromatic heterocycles. The minimum absolute atomic E-state index is 0.110. The van der Waals surface area contributed by atoms with Crippen molar-refractivity contribution in [1.29, 1.82) is 0 Å². The molecule has 2 nitrogen and oxygen atoms in total. The molecule has 0 saturated carbocycles. The molecule has 1 aromatic rings. The molecule has 1 unspecified atom stereocenters. The number of nitrogens with two attached hydrogens (primary N) is 1. The Morgan fingerprint density at radius 2 is 1.94 bits per heavy atom. The van der Waals surface area contributed by atoms with Gasteiger partial charge in [0.1, 0.15) is 5.75 Å². The molecule has 0 spiro atoms. The Morgan fingerprint density at radius 3 is 2.44 bits per heavy atom. The lowest BCUT2D eigenvalue weighted by atomic mass is 9.85. The third-order valence-corrected chi connectivity index (χ3v) is 2.95. The highest BCUT2D eigenvalue weighted by atomic mass is 16.3. The predicted octanol–water partition coefficient (Wildman–Crippen LogP) is 2.97. The van der Waals surface area contributed by atoms with Crippen molar-refractivity contribution in [3.8, 4) is 5.75 Å². The molecular weight excluding hydrogens is 198 g/mol. The van der Waals surface area contributed by atoms with Gasteiger partial charge in [-0.2, -0.15) is 0 Å². The maximum atomic E-state index is 9.79. The van der Waals surface area contributed by atoms with Gasteiger partial charge in [-0.1, -0.05) is 39.8 Å². The van der Waals surface area contributed by atoms with Crippen LogP contribution in [0.15, 0.2) is 18.2 Å². The van der Waals surface area contributed by atoms with Crippen LogP contribution in [-0.2, 0) is 11.8 Å². The van der Waals surface area contributed by atoms with Gasteiger partial charge in [-0.25, -0.2) is 0 Å². The first kappa shape index (κ1) is 13.0. The number of benzene rings is 1. The molecule has 0 radical (unpaired) electrons. The fourth-order valence-electron chi connectivity index (χ4n) is 1.64. The summed E-state index contributed by atoms with van der Waals surface area (Å²) in [4.78, 5) is 0. The van der Waals surface area contributed by atoms with E-state index in [-0.39, 0.29) is 11.5 Å². The number of aromatic hydroxyl groups is 1. The van der Waals surface area contributed by atoms with Crippen LogP contribution in [0.5, 0.6) is 5.75 Å². The molecular formula is C14H23NO. The summed E-state index contributed by atoms with van der Waals surface area (Å²) < 4.78 is 0. The lowest BCUT2D eigenvalue weighted by molar-refractivity contribution is 0.462. The van der Waals surface area contributed by atoms with E-state index in [9.17, 15) is 5.11 Å². The summed E-state index contributed by atoms with van der Waals surface area (Å²) in [5.74, 6) is 0.358. The Morgan fingerprint density at radius 1 is 1.31 bits per heavy atom. The van der Waals surface area contributed by atoms with Crippen molar-refractivity contribution in [3.63, 3.8) is 0 Å². The van der Waals surface area contributed by atoms with Gasteiger partial charge in [0.25, 0.3) is 0 Å². The summed E-state index contributed by atoms with van der Waals surface area (Å²) in [5, 5.41) is 9.79. The van der Waals surface area contributed by atoms with Crippen molar-refractivity contribution in [3.05, 3.63) is 29.3 Å². The molecule has 0 aliphatic heterocycles. The third kappa shape index (κ3) is 3.24. The molecule has 1 aromatic carbocycles. The molecule has 0 saturated heterocycles. The topological polar surface area (TPSA) is 46.2 Å². The van der Waals surface area contributed by atoms with E-state index in [2.05, 4.69) is 33.8 Å². The van der Waals surface area contributed by atoms with Gasteiger partial charge < -0.3 is 10.8 Å². The first-order valence-electron chi connectivity index (χ1n) is 5.92. The zero-order chi connectivity index (χ0) is 12.3. The van der Waals surface area contributed by atoms with Gasteiger partial charge in [-0.3, -0.25) is 0 Å². The molecule has 2 heteroatoms. The first-order valence-corrected chi connectivity index (χ1v) is 5.92. The maximum Gasteiger partial charge on any atom is 0.118 e. The molecule has 16 heavy (non-hydrogen) atoms. The molecule has 0 fully saturated rings. The van der Waals surface area contributed by atoms with Crippen LogP contribution < -0.4 is 5.73 Å². The molecule has 0 amide bonds. The fourth-order valence-corrected chi connectivity index (χ4v) is 1.64. The summed E-state index contributed by atoms with van der Waals surface area (Å²) in [6.07, 6.45) is 1.67. The van der Waals surface area contributed by atoms with Crippen LogP contribution in [0.3, 0.4) is 0 Å². The highest BCUT2D eigenvalue weighted by molar-refractivity contribution is 5.39. The number of hydrogen-bond acceptors (Lipinski definition) is 2. The zero-order valence-electron chi connectivity index (χ0n) is 10.7. The van der Waals surface area contributed by atoms with Crippen molar-refractivity contribution in [2.45, 2.75) is 52.0 Å². The number of phenols is 1. The van der Waals surface area contributed by atoms with Crippen LogP contribution in [-0.4, -0.2) is 11.1 Å². The van der Waals surface area contributed by atoms with Crippen LogP contribution >= 0.6 is 0 Å². The minimum atomic E-state index is 0.110. The Bertz CT molecular complexity index is 352. The van der Waals surface area contributed by atoms with Crippen LogP contribution in [0, 0.1) is 0 Å². The lowest BCUT2D eigenvalue weighted by Gasteiger charge is -2.21. The Kier molecular flexibility index (Phi) is 3.98. The first-order chi connectivity index (χ1) is 7.34. The van der Waals surface area contributed by atoms with Crippen molar-refractivity contribution >= 4 is 0 Å². The van der Waals surface area contributed by atoms with E-state index in [1.54, 1.807) is 6.07 Å². The van der Waals surface area contributed by atoms with E-state index in [1.807, 2.05) is 6.07 Å². The molecule has 90 valence electrons. The van der Waals surface area contributed by atoms with Gasteiger partial charge in [0.05, 0.1) is 0 Å². The minimum Gasteiger partial charge on any atom is -0.508 e. The summed E-state index contributed by atoms with van der Waals surface area (Å²) in [5.41, 5.74) is 8.23. The van der Waals surface area contributed by atoms with Crippen molar-refractivity contribution in [1.82, 2.24) is 0 Å². The largest absolute Gasteiger partial charge is 0.508 e. The maximum absolute atomic E-state index is 9.79. The van der Waals surface area contributed by atoms with Crippen LogP contribution in [0.2, 0.25) is 0 Å². The Labute approximate surface area is 98.5 Å². The molecule has 1 rings (SSSR count). The Hall–Kier alpha value is -1.02. The highest BCUT2D eigenvalue weighted by Gasteiger charge is 2.16. The van der Waals surface area contributed by atoms with Gasteiger partial charge in [-0.05, 0) is 35.4 Å². The van der Waals surface area contributed by atoms with Crippen LogP contribution in [0.25, 0.3) is 0 Å². The normalized spacial score (nSPS) is 13.8. The zero-order valence-corrected chi connectivity index (χ0v) is 10.7. The highest BCUT2D eigenvalue weighted by Crippen LogP contribution is 2.28. The second-order valence-corrected chi connectivity index (χ2v) is 5.47. The molecule has 0 heterocycles. The lowest BCUT2D eigenvalue weighted by Crippen LogP contribution is -2.22. The molecule has 0 aliphatic rings. The van der Waals surface area contributed by atoms with Gasteiger partial charge in [0.2, 0.25) is 0 Å². The van der Waals surface area contributed by atoms with Gasteiger partial charge >= 0.3 is 0 Å². The van der Waals surface area contributed by atoms with Gasteiger partial charge in [0, 0.05) is 6.04 Å².